The molecule has 4 heteroatoms. The summed E-state index contributed by atoms with van der Waals surface area (Å²) in [4.78, 5) is 11.9. The predicted molar refractivity (Wildman–Crippen MR) is 77.5 cm³/mol. The van der Waals surface area contributed by atoms with Gasteiger partial charge in [-0.05, 0) is 31.7 Å². The van der Waals surface area contributed by atoms with Gasteiger partial charge >= 0.3 is 0 Å². The van der Waals surface area contributed by atoms with Crippen molar-refractivity contribution in [3.63, 3.8) is 0 Å². The Labute approximate surface area is 112 Å². The first-order valence-corrected chi connectivity index (χ1v) is 7.52. The Hall–Kier alpha value is -1.16. The van der Waals surface area contributed by atoms with Crippen LogP contribution in [0.3, 0.4) is 0 Å². The van der Waals surface area contributed by atoms with Crippen molar-refractivity contribution in [1.29, 1.82) is 0 Å². The van der Waals surface area contributed by atoms with Gasteiger partial charge in [-0.3, -0.25) is 0 Å². The molecule has 2 aromatic heterocycles. The Kier molecular flexibility index (Phi) is 2.98. The molecule has 2 aromatic rings. The Morgan fingerprint density at radius 2 is 2.22 bits per heavy atom. The highest BCUT2D eigenvalue weighted by Gasteiger charge is 2.37. The van der Waals surface area contributed by atoms with E-state index in [1.807, 2.05) is 0 Å². The van der Waals surface area contributed by atoms with Gasteiger partial charge in [0.2, 0.25) is 0 Å². The van der Waals surface area contributed by atoms with Crippen molar-refractivity contribution in [2.45, 2.75) is 39.5 Å². The summed E-state index contributed by atoms with van der Waals surface area (Å²) >= 11 is 1.77. The number of hydrogen-bond donors (Lipinski definition) is 1. The molecule has 1 aliphatic carbocycles. The van der Waals surface area contributed by atoms with Crippen LogP contribution in [0.1, 0.15) is 43.3 Å². The molecule has 0 bridgehead atoms. The smallest absolute Gasteiger partial charge is 0.138 e. The average molecular weight is 261 g/mol. The lowest BCUT2D eigenvalue weighted by Crippen LogP contribution is -2.05. The lowest BCUT2D eigenvalue weighted by molar-refractivity contribution is 0.850. The van der Waals surface area contributed by atoms with Crippen molar-refractivity contribution in [3.8, 4) is 0 Å². The molecule has 2 heterocycles. The van der Waals surface area contributed by atoms with Crippen LogP contribution < -0.4 is 5.32 Å². The van der Waals surface area contributed by atoms with Crippen LogP contribution in [0.15, 0.2) is 6.07 Å². The predicted octanol–water partition coefficient (Wildman–Crippen LogP) is 3.95. The van der Waals surface area contributed by atoms with E-state index in [4.69, 9.17) is 9.97 Å². The minimum atomic E-state index is 0.582. The van der Waals surface area contributed by atoms with Crippen LogP contribution >= 0.6 is 11.3 Å². The van der Waals surface area contributed by atoms with E-state index in [9.17, 15) is 0 Å². The largest absolute Gasteiger partial charge is 0.369 e. The summed E-state index contributed by atoms with van der Waals surface area (Å²) in [5, 5.41) is 4.63. The number of aryl methyl sites for hydroxylation is 1. The molecule has 0 saturated heterocycles. The van der Waals surface area contributed by atoms with E-state index in [1.54, 1.807) is 11.3 Å². The first-order valence-electron chi connectivity index (χ1n) is 6.71. The Bertz CT molecular complexity index is 576. The summed E-state index contributed by atoms with van der Waals surface area (Å²) in [5.74, 6) is 3.40. The molecule has 2 unspecified atom stereocenters. The monoisotopic (exact) mass is 261 g/mol. The second-order valence-corrected chi connectivity index (χ2v) is 6.49. The lowest BCUT2D eigenvalue weighted by atomic mass is 10.3. The van der Waals surface area contributed by atoms with Crippen molar-refractivity contribution in [1.82, 2.24) is 9.97 Å². The van der Waals surface area contributed by atoms with E-state index < -0.39 is 0 Å². The molecule has 3 rings (SSSR count). The molecule has 1 N–H and O–H groups in total. The van der Waals surface area contributed by atoms with E-state index in [2.05, 4.69) is 32.2 Å². The first-order chi connectivity index (χ1) is 8.69. The fourth-order valence-corrected chi connectivity index (χ4v) is 3.17. The van der Waals surface area contributed by atoms with E-state index in [-0.39, 0.29) is 0 Å². The highest BCUT2D eigenvalue weighted by Crippen LogP contribution is 2.46. The van der Waals surface area contributed by atoms with Crippen molar-refractivity contribution < 1.29 is 0 Å². The van der Waals surface area contributed by atoms with Gasteiger partial charge < -0.3 is 5.32 Å². The van der Waals surface area contributed by atoms with Gasteiger partial charge in [-0.1, -0.05) is 13.8 Å². The van der Waals surface area contributed by atoms with Gasteiger partial charge in [0.15, 0.2) is 0 Å². The van der Waals surface area contributed by atoms with E-state index >= 15 is 0 Å². The normalized spacial score (nSPS) is 22.4. The van der Waals surface area contributed by atoms with Crippen molar-refractivity contribution in [2.75, 3.05) is 11.9 Å². The molecule has 0 aromatic carbocycles. The highest BCUT2D eigenvalue weighted by atomic mass is 32.1. The molecule has 0 spiro atoms. The first kappa shape index (κ1) is 11.9. The van der Waals surface area contributed by atoms with Crippen LogP contribution in [0, 0.1) is 12.8 Å². The molecule has 1 aliphatic rings. The number of nitrogens with one attached hydrogen (secondary N) is 1. The number of rotatable bonds is 4. The summed E-state index contributed by atoms with van der Waals surface area (Å²) < 4.78 is 0. The summed E-state index contributed by atoms with van der Waals surface area (Å²) in [7, 11) is 0. The second-order valence-electron chi connectivity index (χ2n) is 5.25. The third kappa shape index (κ3) is 2.09. The molecule has 1 saturated carbocycles. The quantitative estimate of drug-likeness (QED) is 0.905. The third-order valence-corrected chi connectivity index (χ3v) is 4.46. The lowest BCUT2D eigenvalue weighted by Gasteiger charge is -2.07. The molecular formula is C14H19N3S. The average Bonchev–Trinajstić information content (AvgIpc) is 2.94. The van der Waals surface area contributed by atoms with E-state index in [0.717, 1.165) is 35.4 Å². The zero-order chi connectivity index (χ0) is 12.7. The van der Waals surface area contributed by atoms with Gasteiger partial charge in [0.1, 0.15) is 16.5 Å². The SMILES string of the molecule is CCCNc1nc(C2CC2C)nc2sc(C)cc12. The molecule has 0 aliphatic heterocycles. The fraction of sp³-hybridized carbons (Fsp3) is 0.571. The Morgan fingerprint density at radius 3 is 2.89 bits per heavy atom. The van der Waals surface area contributed by atoms with Gasteiger partial charge in [0, 0.05) is 17.3 Å². The number of anilines is 1. The van der Waals surface area contributed by atoms with Crippen LogP contribution in [-0.2, 0) is 0 Å². The topological polar surface area (TPSA) is 37.8 Å². The summed E-state index contributed by atoms with van der Waals surface area (Å²) in [5.41, 5.74) is 0. The molecule has 18 heavy (non-hydrogen) atoms. The maximum atomic E-state index is 4.75. The molecule has 0 amide bonds. The number of nitrogens with zero attached hydrogens (tertiary/aromatic N) is 2. The van der Waals surface area contributed by atoms with Crippen LogP contribution in [-0.4, -0.2) is 16.5 Å². The molecular weight excluding hydrogens is 242 g/mol. The van der Waals surface area contributed by atoms with Gasteiger partial charge in [0.05, 0.1) is 5.39 Å². The van der Waals surface area contributed by atoms with Crippen molar-refractivity contribution in [3.05, 3.63) is 16.8 Å². The van der Waals surface area contributed by atoms with Gasteiger partial charge in [-0.15, -0.1) is 11.3 Å². The number of fused-ring (bicyclic) bond motifs is 1. The number of aromatic nitrogens is 2. The minimum absolute atomic E-state index is 0.582. The summed E-state index contributed by atoms with van der Waals surface area (Å²) in [6.07, 6.45) is 2.35. The maximum Gasteiger partial charge on any atom is 0.138 e. The zero-order valence-corrected chi connectivity index (χ0v) is 12.0. The van der Waals surface area contributed by atoms with Gasteiger partial charge in [0.25, 0.3) is 0 Å². The van der Waals surface area contributed by atoms with Crippen LogP contribution in [0.2, 0.25) is 0 Å². The zero-order valence-electron chi connectivity index (χ0n) is 11.2. The van der Waals surface area contributed by atoms with Crippen molar-refractivity contribution in [2.24, 2.45) is 5.92 Å². The van der Waals surface area contributed by atoms with Crippen LogP contribution in [0.25, 0.3) is 10.2 Å². The van der Waals surface area contributed by atoms with Crippen LogP contribution in [0.4, 0.5) is 5.82 Å². The third-order valence-electron chi connectivity index (χ3n) is 3.52. The van der Waals surface area contributed by atoms with E-state index in [0.29, 0.717) is 5.92 Å². The molecule has 3 nitrogen and oxygen atoms in total. The highest BCUT2D eigenvalue weighted by molar-refractivity contribution is 7.18. The summed E-state index contributed by atoms with van der Waals surface area (Å²) in [6.45, 7) is 7.56. The van der Waals surface area contributed by atoms with Crippen molar-refractivity contribution >= 4 is 27.4 Å². The minimum Gasteiger partial charge on any atom is -0.369 e. The van der Waals surface area contributed by atoms with Crippen LogP contribution in [0.5, 0.6) is 0 Å². The van der Waals surface area contributed by atoms with Gasteiger partial charge in [-0.2, -0.15) is 0 Å². The standard InChI is InChI=1S/C14H19N3S/c1-4-5-15-12-11-7-9(3)18-14(11)17-13(16-12)10-6-8(10)2/h7-8,10H,4-6H2,1-3H3,(H,15,16,17). The van der Waals surface area contributed by atoms with E-state index in [1.165, 1.54) is 16.7 Å². The molecule has 96 valence electrons. The fourth-order valence-electron chi connectivity index (χ4n) is 2.28. The molecule has 1 fully saturated rings. The van der Waals surface area contributed by atoms with Gasteiger partial charge in [-0.25, -0.2) is 9.97 Å². The second kappa shape index (κ2) is 4.50. The molecule has 2 atom stereocenters. The summed E-state index contributed by atoms with van der Waals surface area (Å²) in [6, 6.07) is 2.19. The number of thiophene rings is 1. The Morgan fingerprint density at radius 1 is 1.44 bits per heavy atom. The maximum absolute atomic E-state index is 4.75. The molecule has 0 radical (unpaired) electrons. The number of hydrogen-bond acceptors (Lipinski definition) is 4. The Balaban J connectivity index is 2.05.